The lowest BCUT2D eigenvalue weighted by Gasteiger charge is -2.43. The first-order chi connectivity index (χ1) is 10.5. The van der Waals surface area contributed by atoms with Gasteiger partial charge in [0.15, 0.2) is 0 Å². The Morgan fingerprint density at radius 2 is 1.87 bits per heavy atom. The van der Waals surface area contributed by atoms with E-state index in [0.29, 0.717) is 4.90 Å². The summed E-state index contributed by atoms with van der Waals surface area (Å²) in [4.78, 5) is 46.4. The molecule has 2 amide bonds. The second kappa shape index (κ2) is 7.74. The molecule has 0 saturated carbocycles. The van der Waals surface area contributed by atoms with Crippen LogP contribution in [0.4, 0.5) is 4.79 Å². The number of nitrogens with zero attached hydrogens (tertiary/aromatic N) is 1. The van der Waals surface area contributed by atoms with Crippen molar-refractivity contribution in [1.82, 2.24) is 4.90 Å². The number of alkyl halides is 4. The van der Waals surface area contributed by atoms with Gasteiger partial charge in [-0.2, -0.15) is 0 Å². The van der Waals surface area contributed by atoms with Gasteiger partial charge < -0.3 is 14.2 Å². The van der Waals surface area contributed by atoms with E-state index in [2.05, 4.69) is 9.47 Å². The minimum atomic E-state index is -1.81. The van der Waals surface area contributed by atoms with E-state index >= 15 is 0 Å². The van der Waals surface area contributed by atoms with E-state index in [0.717, 1.165) is 7.11 Å². The summed E-state index contributed by atoms with van der Waals surface area (Å²) < 4.78 is 11.7. The number of β-lactam (4-membered cyclic amide) rings is 1. The molecule has 130 valence electrons. The first kappa shape index (κ1) is 20.1. The van der Waals surface area contributed by atoms with E-state index in [1.165, 1.54) is 6.92 Å². The quantitative estimate of drug-likeness (QED) is 0.229. The fourth-order valence-corrected chi connectivity index (χ4v) is 2.36. The number of imide groups is 1. The summed E-state index contributed by atoms with van der Waals surface area (Å²) in [5.74, 6) is -4.27. The maximum atomic E-state index is 11.9. The number of amides is 2. The lowest BCUT2D eigenvalue weighted by atomic mass is 9.92. The number of methoxy groups -OCH3 is 1. The van der Waals surface area contributed by atoms with Crippen molar-refractivity contribution < 1.29 is 33.4 Å². The molecule has 1 heterocycles. The van der Waals surface area contributed by atoms with Crippen molar-refractivity contribution in [2.24, 2.45) is 5.92 Å². The van der Waals surface area contributed by atoms with E-state index in [-0.39, 0.29) is 0 Å². The zero-order valence-electron chi connectivity index (χ0n) is 11.8. The highest BCUT2D eigenvalue weighted by Gasteiger charge is 2.55. The lowest BCUT2D eigenvalue weighted by Crippen LogP contribution is -2.65. The summed E-state index contributed by atoms with van der Waals surface area (Å²) in [6.45, 7) is 0.799. The average molecular weight is 411 g/mol. The van der Waals surface area contributed by atoms with Crippen molar-refractivity contribution in [2.75, 3.05) is 13.7 Å². The summed E-state index contributed by atoms with van der Waals surface area (Å²) >= 11 is 22.1. The minimum Gasteiger partial charge on any atom is -0.462 e. The molecular weight excluding hydrogens is 400 g/mol. The SMILES string of the molecule is COC(=O)C(=O)N1C(=O)[C@H]([C@@H](C)OC(=O)OCC(Cl)(Cl)Cl)[C@H]1Cl. The second-order valence-corrected chi connectivity index (χ2v) is 7.34. The molecule has 0 radical (unpaired) electrons. The number of hydrogen-bond acceptors (Lipinski definition) is 7. The topological polar surface area (TPSA) is 99.2 Å². The maximum absolute atomic E-state index is 11.9. The molecule has 8 nitrogen and oxygen atoms in total. The molecule has 3 atom stereocenters. The lowest BCUT2D eigenvalue weighted by molar-refractivity contribution is -0.175. The van der Waals surface area contributed by atoms with E-state index in [1.807, 2.05) is 0 Å². The number of halogens is 4. The molecule has 12 heteroatoms. The van der Waals surface area contributed by atoms with Gasteiger partial charge in [0.05, 0.1) is 7.11 Å². The Hall–Kier alpha value is -0.960. The monoisotopic (exact) mass is 409 g/mol. The first-order valence-corrected chi connectivity index (χ1v) is 7.56. The molecule has 23 heavy (non-hydrogen) atoms. The van der Waals surface area contributed by atoms with Crippen molar-refractivity contribution >= 4 is 70.3 Å². The van der Waals surface area contributed by atoms with Crippen molar-refractivity contribution in [3.63, 3.8) is 0 Å². The van der Waals surface area contributed by atoms with E-state index in [1.54, 1.807) is 0 Å². The molecule has 0 aromatic carbocycles. The zero-order valence-corrected chi connectivity index (χ0v) is 14.8. The van der Waals surface area contributed by atoms with E-state index in [4.69, 9.17) is 51.1 Å². The Kier molecular flexibility index (Phi) is 6.76. The highest BCUT2D eigenvalue weighted by molar-refractivity contribution is 6.67. The summed E-state index contributed by atoms with van der Waals surface area (Å²) in [5, 5.41) is 0. The van der Waals surface area contributed by atoms with Crippen LogP contribution in [0.5, 0.6) is 0 Å². The molecule has 0 unspecified atom stereocenters. The van der Waals surface area contributed by atoms with E-state index < -0.39 is 51.9 Å². The number of esters is 1. The maximum Gasteiger partial charge on any atom is 0.508 e. The molecule has 1 rings (SSSR count). The van der Waals surface area contributed by atoms with Gasteiger partial charge >= 0.3 is 18.0 Å². The Balaban J connectivity index is 2.58. The third-order valence-corrected chi connectivity index (χ3v) is 3.58. The fourth-order valence-electron chi connectivity index (χ4n) is 1.70. The van der Waals surface area contributed by atoms with Crippen LogP contribution in [-0.2, 0) is 28.6 Å². The van der Waals surface area contributed by atoms with Crippen LogP contribution in [0.15, 0.2) is 0 Å². The molecule has 1 fully saturated rings. The van der Waals surface area contributed by atoms with Gasteiger partial charge in [-0.3, -0.25) is 14.5 Å². The molecule has 1 saturated heterocycles. The van der Waals surface area contributed by atoms with Crippen molar-refractivity contribution in [3.8, 4) is 0 Å². The molecule has 0 N–H and O–H groups in total. The van der Waals surface area contributed by atoms with Crippen molar-refractivity contribution in [1.29, 1.82) is 0 Å². The second-order valence-electron chi connectivity index (χ2n) is 4.38. The van der Waals surface area contributed by atoms with Crippen LogP contribution in [0.2, 0.25) is 0 Å². The van der Waals surface area contributed by atoms with Crippen LogP contribution >= 0.6 is 46.4 Å². The minimum absolute atomic E-state index is 0.505. The first-order valence-electron chi connectivity index (χ1n) is 5.99. The van der Waals surface area contributed by atoms with Gasteiger partial charge in [-0.15, -0.1) is 0 Å². The largest absolute Gasteiger partial charge is 0.508 e. The number of carbonyl (C=O) groups is 4. The van der Waals surface area contributed by atoms with Gasteiger partial charge in [-0.25, -0.2) is 9.59 Å². The standard InChI is InChI=1S/C11H11Cl4NO7/c1-4(23-10(20)22-3-11(13,14)15)5-6(12)16(7(5)17)8(18)9(19)21-2/h4-6H,3H2,1-2H3/t4-,5-,6+/m1/s1. The summed E-state index contributed by atoms with van der Waals surface area (Å²) in [6, 6.07) is 0. The Morgan fingerprint density at radius 1 is 1.30 bits per heavy atom. The van der Waals surface area contributed by atoms with Crippen molar-refractivity contribution in [3.05, 3.63) is 0 Å². The molecule has 1 aliphatic rings. The van der Waals surface area contributed by atoms with Gasteiger partial charge in [-0.05, 0) is 6.92 Å². The average Bonchev–Trinajstić information content (AvgIpc) is 2.43. The van der Waals surface area contributed by atoms with Crippen LogP contribution in [0.3, 0.4) is 0 Å². The van der Waals surface area contributed by atoms with Gasteiger partial charge in [-0.1, -0.05) is 46.4 Å². The molecule has 0 spiro atoms. The van der Waals surface area contributed by atoms with Crippen LogP contribution in [0.1, 0.15) is 6.92 Å². The number of likely N-dealkylation sites (tertiary alicyclic amines) is 1. The van der Waals surface area contributed by atoms with Crippen LogP contribution in [0.25, 0.3) is 0 Å². The van der Waals surface area contributed by atoms with Gasteiger partial charge in [0.1, 0.15) is 24.1 Å². The molecule has 0 aliphatic carbocycles. The fraction of sp³-hybridized carbons (Fsp3) is 0.636. The Labute approximate surface area is 150 Å². The number of carbonyl (C=O) groups excluding carboxylic acids is 4. The predicted molar refractivity (Wildman–Crippen MR) is 79.2 cm³/mol. The third-order valence-electron chi connectivity index (χ3n) is 2.79. The van der Waals surface area contributed by atoms with Crippen molar-refractivity contribution in [2.45, 2.75) is 22.3 Å². The predicted octanol–water partition coefficient (Wildman–Crippen LogP) is 1.62. The van der Waals surface area contributed by atoms with Crippen LogP contribution in [0, 0.1) is 5.92 Å². The van der Waals surface area contributed by atoms with E-state index in [9.17, 15) is 19.2 Å². The molecule has 0 aromatic heterocycles. The Morgan fingerprint density at radius 3 is 2.30 bits per heavy atom. The van der Waals surface area contributed by atoms with Gasteiger partial charge in [0.25, 0.3) is 0 Å². The highest BCUT2D eigenvalue weighted by atomic mass is 35.6. The molecular formula is C11H11Cl4NO7. The zero-order chi connectivity index (χ0) is 17.9. The smallest absolute Gasteiger partial charge is 0.462 e. The normalized spacial score (nSPS) is 22.0. The number of rotatable bonds is 3. The Bertz CT molecular complexity index is 521. The van der Waals surface area contributed by atoms with Gasteiger partial charge in [0.2, 0.25) is 9.70 Å². The number of ether oxygens (including phenoxy) is 3. The summed E-state index contributed by atoms with van der Waals surface area (Å²) in [7, 11) is 0.984. The third kappa shape index (κ3) is 5.00. The molecule has 0 bridgehead atoms. The summed E-state index contributed by atoms with van der Waals surface area (Å²) in [5.41, 5.74) is -1.18. The van der Waals surface area contributed by atoms with Crippen LogP contribution < -0.4 is 0 Å². The van der Waals surface area contributed by atoms with Crippen LogP contribution in [-0.4, -0.2) is 58.0 Å². The molecule has 1 aliphatic heterocycles. The highest BCUT2D eigenvalue weighted by Crippen LogP contribution is 2.34. The molecule has 0 aromatic rings. The van der Waals surface area contributed by atoms with Gasteiger partial charge in [0, 0.05) is 0 Å². The number of hydrogen-bond donors (Lipinski definition) is 0. The summed E-state index contributed by atoms with van der Waals surface area (Å²) in [6.07, 6.45) is -2.21.